The third-order valence-electron chi connectivity index (χ3n) is 4.06. The monoisotopic (exact) mass is 355 g/mol. The largest absolute Gasteiger partial charge is 0.486 e. The molecule has 0 bridgehead atoms. The Labute approximate surface area is 152 Å². The highest BCUT2D eigenvalue weighted by Gasteiger charge is 2.20. The summed E-state index contributed by atoms with van der Waals surface area (Å²) in [7, 11) is 0. The maximum atomic E-state index is 12.3. The van der Waals surface area contributed by atoms with Crippen LogP contribution in [0.5, 0.6) is 11.5 Å². The summed E-state index contributed by atoms with van der Waals surface area (Å²) in [6.07, 6.45) is -0.0366. The molecule has 6 heteroatoms. The van der Waals surface area contributed by atoms with Crippen LogP contribution in [-0.4, -0.2) is 31.2 Å². The van der Waals surface area contributed by atoms with Gasteiger partial charge in [0.2, 0.25) is 0 Å². The van der Waals surface area contributed by atoms with Gasteiger partial charge in [-0.1, -0.05) is 19.1 Å². The van der Waals surface area contributed by atoms with E-state index in [2.05, 4.69) is 5.32 Å². The van der Waals surface area contributed by atoms with Crippen molar-refractivity contribution in [2.45, 2.75) is 26.4 Å². The molecule has 3 rings (SSSR count). The molecule has 1 N–H and O–H groups in total. The number of benzene rings is 2. The first-order chi connectivity index (χ1) is 12.6. The van der Waals surface area contributed by atoms with Gasteiger partial charge in [-0.25, -0.2) is 4.79 Å². The highest BCUT2D eigenvalue weighted by atomic mass is 16.6. The summed E-state index contributed by atoms with van der Waals surface area (Å²) in [6.45, 7) is 4.55. The lowest BCUT2D eigenvalue weighted by Gasteiger charge is -2.19. The standard InChI is InChI=1S/C20H21NO5/c1-3-14-4-6-15(7-5-14)20(23)26-13(2)19(22)21-16-8-9-17-18(12-16)25-11-10-24-17/h4-9,12-13H,3,10-11H2,1-2H3,(H,21,22)/t13-/m1/s1. The molecule has 0 saturated carbocycles. The Morgan fingerprint density at radius 3 is 2.46 bits per heavy atom. The molecule has 1 atom stereocenters. The zero-order chi connectivity index (χ0) is 18.5. The predicted molar refractivity (Wildman–Crippen MR) is 96.8 cm³/mol. The van der Waals surface area contributed by atoms with E-state index in [1.54, 1.807) is 30.3 Å². The number of ether oxygens (including phenoxy) is 3. The molecule has 0 aromatic heterocycles. The molecule has 0 aliphatic carbocycles. The molecule has 1 aliphatic rings. The van der Waals surface area contributed by atoms with Crippen LogP contribution in [0, 0.1) is 0 Å². The van der Waals surface area contributed by atoms with Gasteiger partial charge in [0.05, 0.1) is 5.56 Å². The number of carbonyl (C=O) groups excluding carboxylic acids is 2. The average Bonchev–Trinajstić information content (AvgIpc) is 2.67. The van der Waals surface area contributed by atoms with Gasteiger partial charge in [0.15, 0.2) is 17.6 Å². The highest BCUT2D eigenvalue weighted by Crippen LogP contribution is 2.32. The second-order valence-corrected chi connectivity index (χ2v) is 5.95. The van der Waals surface area contributed by atoms with Crippen LogP contribution in [-0.2, 0) is 16.0 Å². The average molecular weight is 355 g/mol. The van der Waals surface area contributed by atoms with E-state index in [9.17, 15) is 9.59 Å². The zero-order valence-electron chi connectivity index (χ0n) is 14.8. The fourth-order valence-corrected chi connectivity index (χ4v) is 2.52. The van der Waals surface area contributed by atoms with Crippen LogP contribution in [0.15, 0.2) is 42.5 Å². The van der Waals surface area contributed by atoms with E-state index in [-0.39, 0.29) is 0 Å². The summed E-state index contributed by atoms with van der Waals surface area (Å²) in [6, 6.07) is 12.3. The Balaban J connectivity index is 1.59. The molecule has 1 amide bonds. The van der Waals surface area contributed by atoms with Crippen molar-refractivity contribution in [3.8, 4) is 11.5 Å². The summed E-state index contributed by atoms with van der Waals surface area (Å²) in [5.41, 5.74) is 2.10. The fraction of sp³-hybridized carbons (Fsp3) is 0.300. The molecular formula is C20H21NO5. The number of aryl methyl sites for hydroxylation is 1. The van der Waals surface area contributed by atoms with Crippen LogP contribution >= 0.6 is 0 Å². The summed E-state index contributed by atoms with van der Waals surface area (Å²) in [5, 5.41) is 2.72. The van der Waals surface area contributed by atoms with Crippen LogP contribution in [0.1, 0.15) is 29.8 Å². The first kappa shape index (κ1) is 17.8. The Bertz CT molecular complexity index is 800. The molecular weight excluding hydrogens is 334 g/mol. The Morgan fingerprint density at radius 1 is 1.08 bits per heavy atom. The molecule has 0 radical (unpaired) electrons. The number of hydrogen-bond donors (Lipinski definition) is 1. The summed E-state index contributed by atoms with van der Waals surface area (Å²) in [5.74, 6) is 0.275. The van der Waals surface area contributed by atoms with Crippen LogP contribution in [0.3, 0.4) is 0 Å². The lowest BCUT2D eigenvalue weighted by atomic mass is 10.1. The molecule has 0 spiro atoms. The van der Waals surface area contributed by atoms with E-state index >= 15 is 0 Å². The van der Waals surface area contributed by atoms with Crippen molar-refractivity contribution < 1.29 is 23.8 Å². The number of nitrogens with one attached hydrogen (secondary N) is 1. The number of esters is 1. The number of anilines is 1. The molecule has 2 aromatic rings. The molecule has 1 heterocycles. The maximum absolute atomic E-state index is 12.3. The number of hydrogen-bond acceptors (Lipinski definition) is 5. The predicted octanol–water partition coefficient (Wildman–Crippen LogP) is 3.20. The summed E-state index contributed by atoms with van der Waals surface area (Å²) in [4.78, 5) is 24.5. The van der Waals surface area contributed by atoms with Gasteiger partial charge in [-0.15, -0.1) is 0 Å². The Morgan fingerprint density at radius 2 is 1.77 bits per heavy atom. The van der Waals surface area contributed by atoms with Gasteiger partial charge in [-0.2, -0.15) is 0 Å². The fourth-order valence-electron chi connectivity index (χ4n) is 2.52. The smallest absolute Gasteiger partial charge is 0.338 e. The molecule has 0 unspecified atom stereocenters. The maximum Gasteiger partial charge on any atom is 0.338 e. The van der Waals surface area contributed by atoms with E-state index in [4.69, 9.17) is 14.2 Å². The molecule has 0 fully saturated rings. The van der Waals surface area contributed by atoms with Crippen molar-refractivity contribution in [3.63, 3.8) is 0 Å². The van der Waals surface area contributed by atoms with Gasteiger partial charge in [-0.3, -0.25) is 4.79 Å². The van der Waals surface area contributed by atoms with Gasteiger partial charge in [0, 0.05) is 11.8 Å². The minimum atomic E-state index is -0.929. The molecule has 6 nitrogen and oxygen atoms in total. The van der Waals surface area contributed by atoms with Crippen molar-refractivity contribution in [2.24, 2.45) is 0 Å². The highest BCUT2D eigenvalue weighted by molar-refractivity contribution is 5.97. The second-order valence-electron chi connectivity index (χ2n) is 5.95. The second kappa shape index (κ2) is 7.91. The molecule has 2 aromatic carbocycles. The Kier molecular flexibility index (Phi) is 5.41. The zero-order valence-corrected chi connectivity index (χ0v) is 14.8. The topological polar surface area (TPSA) is 73.9 Å². The van der Waals surface area contributed by atoms with Crippen LogP contribution in [0.2, 0.25) is 0 Å². The van der Waals surface area contributed by atoms with Crippen molar-refractivity contribution in [1.29, 1.82) is 0 Å². The SMILES string of the molecule is CCc1ccc(C(=O)O[C@H](C)C(=O)Nc2ccc3c(c2)OCCO3)cc1. The van der Waals surface area contributed by atoms with Crippen molar-refractivity contribution >= 4 is 17.6 Å². The van der Waals surface area contributed by atoms with Crippen molar-refractivity contribution in [2.75, 3.05) is 18.5 Å². The third-order valence-corrected chi connectivity index (χ3v) is 4.06. The van der Waals surface area contributed by atoms with E-state index in [0.29, 0.717) is 36.0 Å². The lowest BCUT2D eigenvalue weighted by molar-refractivity contribution is -0.123. The number of carbonyl (C=O) groups is 2. The molecule has 1 aliphatic heterocycles. The molecule has 136 valence electrons. The van der Waals surface area contributed by atoms with Gasteiger partial charge in [0.25, 0.3) is 5.91 Å². The van der Waals surface area contributed by atoms with E-state index in [1.165, 1.54) is 6.92 Å². The Hall–Kier alpha value is -3.02. The van der Waals surface area contributed by atoms with Gasteiger partial charge in [-0.05, 0) is 43.2 Å². The van der Waals surface area contributed by atoms with Crippen LogP contribution in [0.4, 0.5) is 5.69 Å². The van der Waals surface area contributed by atoms with Crippen LogP contribution in [0.25, 0.3) is 0 Å². The van der Waals surface area contributed by atoms with Gasteiger partial charge < -0.3 is 19.5 Å². The van der Waals surface area contributed by atoms with E-state index < -0.39 is 18.0 Å². The molecule has 0 saturated heterocycles. The quantitative estimate of drug-likeness (QED) is 0.834. The minimum Gasteiger partial charge on any atom is -0.486 e. The number of rotatable bonds is 5. The van der Waals surface area contributed by atoms with Crippen molar-refractivity contribution in [3.05, 3.63) is 53.6 Å². The molecule has 26 heavy (non-hydrogen) atoms. The number of amides is 1. The van der Waals surface area contributed by atoms with E-state index in [1.807, 2.05) is 19.1 Å². The van der Waals surface area contributed by atoms with Gasteiger partial charge in [0.1, 0.15) is 13.2 Å². The van der Waals surface area contributed by atoms with E-state index in [0.717, 1.165) is 12.0 Å². The summed E-state index contributed by atoms with van der Waals surface area (Å²) < 4.78 is 16.2. The number of fused-ring (bicyclic) bond motifs is 1. The third kappa shape index (κ3) is 4.14. The first-order valence-electron chi connectivity index (χ1n) is 8.57. The summed E-state index contributed by atoms with van der Waals surface area (Å²) >= 11 is 0. The minimum absolute atomic E-state index is 0.416. The van der Waals surface area contributed by atoms with Crippen molar-refractivity contribution in [1.82, 2.24) is 0 Å². The van der Waals surface area contributed by atoms with Crippen LogP contribution < -0.4 is 14.8 Å². The first-order valence-corrected chi connectivity index (χ1v) is 8.57. The van der Waals surface area contributed by atoms with Gasteiger partial charge >= 0.3 is 5.97 Å². The normalized spacial score (nSPS) is 13.6. The lowest BCUT2D eigenvalue weighted by Crippen LogP contribution is -2.30.